The van der Waals surface area contributed by atoms with Crippen molar-refractivity contribution in [2.45, 2.75) is 31.6 Å². The summed E-state index contributed by atoms with van der Waals surface area (Å²) in [5.74, 6) is 2.14. The zero-order valence-corrected chi connectivity index (χ0v) is 11.8. The Morgan fingerprint density at radius 1 is 1.14 bits per heavy atom. The van der Waals surface area contributed by atoms with Gasteiger partial charge in [0, 0.05) is 18.0 Å². The molecule has 2 heterocycles. The number of aromatic nitrogens is 2. The monoisotopic (exact) mass is 283 g/mol. The highest BCUT2D eigenvalue weighted by Gasteiger charge is 2.40. The lowest BCUT2D eigenvalue weighted by atomic mass is 9.83. The SMILES string of the molecule is Nc1cc(-c2cc(C3CC4CCC3C4)cnc2F)ccn1. The molecule has 2 aromatic rings. The van der Waals surface area contributed by atoms with Crippen molar-refractivity contribution in [3.8, 4) is 11.1 Å². The van der Waals surface area contributed by atoms with Crippen LogP contribution in [-0.2, 0) is 0 Å². The zero-order valence-electron chi connectivity index (χ0n) is 11.8. The molecule has 2 aliphatic rings. The second kappa shape index (κ2) is 4.79. The Bertz CT molecular complexity index is 685. The van der Waals surface area contributed by atoms with Crippen molar-refractivity contribution < 1.29 is 4.39 Å². The summed E-state index contributed by atoms with van der Waals surface area (Å²) in [7, 11) is 0. The van der Waals surface area contributed by atoms with E-state index >= 15 is 0 Å². The molecule has 108 valence electrons. The number of fused-ring (bicyclic) bond motifs is 2. The summed E-state index contributed by atoms with van der Waals surface area (Å²) in [4.78, 5) is 7.95. The van der Waals surface area contributed by atoms with Crippen LogP contribution >= 0.6 is 0 Å². The van der Waals surface area contributed by atoms with Crippen LogP contribution in [0.1, 0.15) is 37.2 Å². The molecule has 2 aromatic heterocycles. The number of rotatable bonds is 2. The van der Waals surface area contributed by atoms with Gasteiger partial charge in [0.05, 0.1) is 0 Å². The van der Waals surface area contributed by atoms with Crippen molar-refractivity contribution >= 4 is 5.82 Å². The molecule has 2 fully saturated rings. The molecule has 2 aliphatic carbocycles. The summed E-state index contributed by atoms with van der Waals surface area (Å²) in [5, 5.41) is 0. The van der Waals surface area contributed by atoms with E-state index in [0.717, 1.165) is 17.4 Å². The second-order valence-corrected chi connectivity index (χ2v) is 6.36. The minimum atomic E-state index is -0.437. The molecule has 2 bridgehead atoms. The highest BCUT2D eigenvalue weighted by molar-refractivity contribution is 5.66. The van der Waals surface area contributed by atoms with Crippen LogP contribution in [-0.4, -0.2) is 9.97 Å². The number of hydrogen-bond donors (Lipinski definition) is 1. The maximum absolute atomic E-state index is 14.1. The van der Waals surface area contributed by atoms with E-state index in [1.807, 2.05) is 6.07 Å². The molecule has 21 heavy (non-hydrogen) atoms. The largest absolute Gasteiger partial charge is 0.384 e. The molecular weight excluding hydrogens is 265 g/mol. The Labute approximate surface area is 123 Å². The standard InChI is InChI=1S/C17H18FN3/c18-17-15(12-3-4-20-16(19)8-12)7-13(9-21-17)14-6-10-1-2-11(14)5-10/h3-4,7-11,14H,1-2,5-6H2,(H2,19,20). The van der Waals surface area contributed by atoms with Gasteiger partial charge in [-0.05, 0) is 66.3 Å². The zero-order chi connectivity index (χ0) is 14.4. The molecule has 3 nitrogen and oxygen atoms in total. The first-order valence-corrected chi connectivity index (χ1v) is 7.58. The van der Waals surface area contributed by atoms with Gasteiger partial charge < -0.3 is 5.73 Å². The van der Waals surface area contributed by atoms with Crippen molar-refractivity contribution in [2.75, 3.05) is 5.73 Å². The van der Waals surface area contributed by atoms with Crippen molar-refractivity contribution in [1.82, 2.24) is 9.97 Å². The Morgan fingerprint density at radius 2 is 2.05 bits per heavy atom. The first-order valence-electron chi connectivity index (χ1n) is 7.58. The molecule has 4 rings (SSSR count). The van der Waals surface area contributed by atoms with Gasteiger partial charge in [0.2, 0.25) is 5.95 Å². The van der Waals surface area contributed by atoms with E-state index in [0.29, 0.717) is 17.3 Å². The van der Waals surface area contributed by atoms with Crippen molar-refractivity contribution in [3.63, 3.8) is 0 Å². The maximum Gasteiger partial charge on any atom is 0.220 e. The topological polar surface area (TPSA) is 51.8 Å². The lowest BCUT2D eigenvalue weighted by Gasteiger charge is -2.22. The average molecular weight is 283 g/mol. The third kappa shape index (κ3) is 2.19. The van der Waals surface area contributed by atoms with Crippen LogP contribution in [0.3, 0.4) is 0 Å². The fourth-order valence-corrected chi connectivity index (χ4v) is 4.14. The Morgan fingerprint density at radius 3 is 2.76 bits per heavy atom. The first-order chi connectivity index (χ1) is 10.2. The molecule has 0 aliphatic heterocycles. The summed E-state index contributed by atoms with van der Waals surface area (Å²) in [6.07, 6.45) is 8.56. The van der Waals surface area contributed by atoms with E-state index in [1.165, 1.54) is 31.2 Å². The number of nitrogens with two attached hydrogens (primary N) is 1. The van der Waals surface area contributed by atoms with Crippen LogP contribution in [0.15, 0.2) is 30.6 Å². The van der Waals surface area contributed by atoms with Crippen molar-refractivity contribution in [1.29, 1.82) is 0 Å². The van der Waals surface area contributed by atoms with Gasteiger partial charge in [0.15, 0.2) is 0 Å². The van der Waals surface area contributed by atoms with Crippen LogP contribution in [0.2, 0.25) is 0 Å². The molecule has 0 saturated heterocycles. The first kappa shape index (κ1) is 12.7. The highest BCUT2D eigenvalue weighted by atomic mass is 19.1. The normalized spacial score (nSPS) is 27.2. The maximum atomic E-state index is 14.1. The third-order valence-electron chi connectivity index (χ3n) is 5.12. The molecule has 0 aromatic carbocycles. The lowest BCUT2D eigenvalue weighted by molar-refractivity contribution is 0.418. The van der Waals surface area contributed by atoms with Crippen LogP contribution in [0.5, 0.6) is 0 Å². The van der Waals surface area contributed by atoms with Gasteiger partial charge in [-0.3, -0.25) is 0 Å². The molecule has 0 spiro atoms. The quantitative estimate of drug-likeness (QED) is 0.854. The minimum absolute atomic E-state index is 0.400. The number of pyridine rings is 2. The minimum Gasteiger partial charge on any atom is -0.384 e. The van der Waals surface area contributed by atoms with E-state index < -0.39 is 5.95 Å². The molecule has 3 atom stereocenters. The molecule has 4 heteroatoms. The van der Waals surface area contributed by atoms with E-state index in [4.69, 9.17) is 5.73 Å². The molecule has 0 radical (unpaired) electrons. The average Bonchev–Trinajstić information content (AvgIpc) is 3.10. The van der Waals surface area contributed by atoms with Gasteiger partial charge in [0.25, 0.3) is 0 Å². The smallest absolute Gasteiger partial charge is 0.220 e. The van der Waals surface area contributed by atoms with Gasteiger partial charge in [-0.2, -0.15) is 4.39 Å². The predicted molar refractivity (Wildman–Crippen MR) is 80.0 cm³/mol. The Kier molecular flexibility index (Phi) is 2.91. The van der Waals surface area contributed by atoms with E-state index in [2.05, 4.69) is 9.97 Å². The number of nitrogen functional groups attached to an aromatic ring is 1. The molecule has 2 saturated carbocycles. The third-order valence-corrected chi connectivity index (χ3v) is 5.12. The van der Waals surface area contributed by atoms with E-state index in [-0.39, 0.29) is 0 Å². The van der Waals surface area contributed by atoms with Crippen LogP contribution in [0.25, 0.3) is 11.1 Å². The van der Waals surface area contributed by atoms with Crippen LogP contribution in [0.4, 0.5) is 10.2 Å². The van der Waals surface area contributed by atoms with Crippen LogP contribution in [0, 0.1) is 17.8 Å². The van der Waals surface area contributed by atoms with Gasteiger partial charge in [-0.1, -0.05) is 6.42 Å². The molecule has 2 N–H and O–H groups in total. The van der Waals surface area contributed by atoms with Crippen LogP contribution < -0.4 is 5.73 Å². The fourth-order valence-electron chi connectivity index (χ4n) is 4.14. The molecule has 0 amide bonds. The number of halogens is 1. The summed E-state index contributed by atoms with van der Waals surface area (Å²) in [5.41, 5.74) is 8.16. The summed E-state index contributed by atoms with van der Waals surface area (Å²) < 4.78 is 14.1. The number of hydrogen-bond acceptors (Lipinski definition) is 3. The summed E-state index contributed by atoms with van der Waals surface area (Å²) >= 11 is 0. The molecular formula is C17H18FN3. The predicted octanol–water partition coefficient (Wildman–Crippen LogP) is 3.77. The Hall–Kier alpha value is -1.97. The number of nitrogens with zero attached hydrogens (tertiary/aromatic N) is 2. The lowest BCUT2D eigenvalue weighted by Crippen LogP contribution is -2.09. The molecule has 3 unspecified atom stereocenters. The van der Waals surface area contributed by atoms with E-state index in [1.54, 1.807) is 24.5 Å². The highest BCUT2D eigenvalue weighted by Crippen LogP contribution is 2.53. The van der Waals surface area contributed by atoms with Gasteiger partial charge in [-0.15, -0.1) is 0 Å². The summed E-state index contributed by atoms with van der Waals surface area (Å²) in [6, 6.07) is 5.44. The Balaban J connectivity index is 1.73. The second-order valence-electron chi connectivity index (χ2n) is 6.36. The summed E-state index contributed by atoms with van der Waals surface area (Å²) in [6.45, 7) is 0. The van der Waals surface area contributed by atoms with E-state index in [9.17, 15) is 4.39 Å². The number of anilines is 1. The van der Waals surface area contributed by atoms with Gasteiger partial charge >= 0.3 is 0 Å². The van der Waals surface area contributed by atoms with Crippen molar-refractivity contribution in [3.05, 3.63) is 42.1 Å². The van der Waals surface area contributed by atoms with Gasteiger partial charge in [-0.25, -0.2) is 9.97 Å². The van der Waals surface area contributed by atoms with Crippen molar-refractivity contribution in [2.24, 2.45) is 11.8 Å². The fraction of sp³-hybridized carbons (Fsp3) is 0.412. The van der Waals surface area contributed by atoms with Gasteiger partial charge in [0.1, 0.15) is 5.82 Å².